The summed E-state index contributed by atoms with van der Waals surface area (Å²) in [5, 5.41) is 9.76. The molecule has 3 nitrogen and oxygen atoms in total. The summed E-state index contributed by atoms with van der Waals surface area (Å²) < 4.78 is 10.2. The number of aromatic hydroxyl groups is 1. The zero-order chi connectivity index (χ0) is 10.6. The smallest absolute Gasteiger partial charge is 0.164 e. The maximum absolute atomic E-state index is 9.76. The molecule has 0 aromatic heterocycles. The second kappa shape index (κ2) is 4.74. The number of aryl methyl sites for hydroxylation is 1. The van der Waals surface area contributed by atoms with Gasteiger partial charge in [-0.3, -0.25) is 0 Å². The summed E-state index contributed by atoms with van der Waals surface area (Å²) in [7, 11) is 3.13. The van der Waals surface area contributed by atoms with Crippen molar-refractivity contribution in [3.05, 3.63) is 17.7 Å². The molecule has 0 aliphatic heterocycles. The standard InChI is InChI=1S/C11H16O3/c1-4-5-8-6-9(13-2)7-10(14-3)11(8)12/h6-7,12H,4-5H2,1-3H3. The Morgan fingerprint density at radius 1 is 1.21 bits per heavy atom. The first-order valence-corrected chi connectivity index (χ1v) is 4.66. The fourth-order valence-electron chi connectivity index (χ4n) is 1.37. The molecule has 0 amide bonds. The van der Waals surface area contributed by atoms with E-state index in [4.69, 9.17) is 9.47 Å². The molecular weight excluding hydrogens is 180 g/mol. The average Bonchev–Trinajstić information content (AvgIpc) is 2.21. The van der Waals surface area contributed by atoms with Crippen LogP contribution in [0.5, 0.6) is 17.2 Å². The second-order valence-corrected chi connectivity index (χ2v) is 3.09. The first-order chi connectivity index (χ1) is 6.72. The average molecular weight is 196 g/mol. The summed E-state index contributed by atoms with van der Waals surface area (Å²) in [6, 6.07) is 3.51. The normalized spacial score (nSPS) is 9.93. The highest BCUT2D eigenvalue weighted by Gasteiger charge is 2.09. The maximum atomic E-state index is 9.76. The Labute approximate surface area is 84.3 Å². The lowest BCUT2D eigenvalue weighted by Crippen LogP contribution is -1.92. The van der Waals surface area contributed by atoms with Gasteiger partial charge in [-0.05, 0) is 12.5 Å². The molecule has 0 radical (unpaired) electrons. The molecule has 0 saturated heterocycles. The second-order valence-electron chi connectivity index (χ2n) is 3.09. The first kappa shape index (κ1) is 10.7. The van der Waals surface area contributed by atoms with Gasteiger partial charge in [-0.2, -0.15) is 0 Å². The third-order valence-corrected chi connectivity index (χ3v) is 2.10. The third-order valence-electron chi connectivity index (χ3n) is 2.10. The van der Waals surface area contributed by atoms with Crippen molar-refractivity contribution in [2.45, 2.75) is 19.8 Å². The minimum absolute atomic E-state index is 0.218. The number of benzene rings is 1. The number of phenolic OH excluding ortho intramolecular Hbond substituents is 1. The molecule has 0 aliphatic carbocycles. The molecule has 1 N–H and O–H groups in total. The van der Waals surface area contributed by atoms with Gasteiger partial charge in [-0.25, -0.2) is 0 Å². The monoisotopic (exact) mass is 196 g/mol. The van der Waals surface area contributed by atoms with Crippen LogP contribution in [0.2, 0.25) is 0 Å². The van der Waals surface area contributed by atoms with Crippen molar-refractivity contribution in [1.82, 2.24) is 0 Å². The van der Waals surface area contributed by atoms with Crippen molar-refractivity contribution in [2.75, 3.05) is 14.2 Å². The molecule has 0 bridgehead atoms. The van der Waals surface area contributed by atoms with Crippen molar-refractivity contribution in [3.63, 3.8) is 0 Å². The molecule has 14 heavy (non-hydrogen) atoms. The molecule has 0 fully saturated rings. The summed E-state index contributed by atoms with van der Waals surface area (Å²) in [5.74, 6) is 1.39. The van der Waals surface area contributed by atoms with Gasteiger partial charge in [0.1, 0.15) is 5.75 Å². The molecule has 0 spiro atoms. The SMILES string of the molecule is CCCc1cc(OC)cc(OC)c1O. The predicted molar refractivity (Wildman–Crippen MR) is 55.2 cm³/mol. The highest BCUT2D eigenvalue weighted by atomic mass is 16.5. The number of ether oxygens (including phenoxy) is 2. The maximum Gasteiger partial charge on any atom is 0.164 e. The molecule has 1 aromatic carbocycles. The van der Waals surface area contributed by atoms with Crippen LogP contribution in [-0.2, 0) is 6.42 Å². The zero-order valence-electron chi connectivity index (χ0n) is 8.83. The summed E-state index contributed by atoms with van der Waals surface area (Å²) in [6.45, 7) is 2.06. The van der Waals surface area contributed by atoms with Crippen LogP contribution in [0, 0.1) is 0 Å². The van der Waals surface area contributed by atoms with Gasteiger partial charge in [-0.15, -0.1) is 0 Å². The quantitative estimate of drug-likeness (QED) is 0.803. The van der Waals surface area contributed by atoms with E-state index in [2.05, 4.69) is 6.92 Å². The highest BCUT2D eigenvalue weighted by Crippen LogP contribution is 2.35. The van der Waals surface area contributed by atoms with Crippen LogP contribution in [0.3, 0.4) is 0 Å². The molecule has 0 heterocycles. The van der Waals surface area contributed by atoms with E-state index in [0.717, 1.165) is 18.4 Å². The zero-order valence-corrected chi connectivity index (χ0v) is 8.83. The largest absolute Gasteiger partial charge is 0.504 e. The van der Waals surface area contributed by atoms with Gasteiger partial charge in [-0.1, -0.05) is 13.3 Å². The topological polar surface area (TPSA) is 38.7 Å². The van der Waals surface area contributed by atoms with Crippen LogP contribution < -0.4 is 9.47 Å². The number of methoxy groups -OCH3 is 2. The van der Waals surface area contributed by atoms with E-state index >= 15 is 0 Å². The summed E-state index contributed by atoms with van der Waals surface area (Å²) >= 11 is 0. The van der Waals surface area contributed by atoms with Crippen LogP contribution in [0.1, 0.15) is 18.9 Å². The number of hydrogen-bond acceptors (Lipinski definition) is 3. The van der Waals surface area contributed by atoms with Crippen LogP contribution in [0.4, 0.5) is 0 Å². The number of phenols is 1. The van der Waals surface area contributed by atoms with Crippen molar-refractivity contribution in [2.24, 2.45) is 0 Å². The first-order valence-electron chi connectivity index (χ1n) is 4.66. The van der Waals surface area contributed by atoms with Crippen LogP contribution >= 0.6 is 0 Å². The fourth-order valence-corrected chi connectivity index (χ4v) is 1.37. The highest BCUT2D eigenvalue weighted by molar-refractivity contribution is 5.50. The Balaban J connectivity index is 3.12. The molecule has 1 rings (SSSR count). The van der Waals surface area contributed by atoms with Crippen molar-refractivity contribution < 1.29 is 14.6 Å². The van der Waals surface area contributed by atoms with Crippen molar-refractivity contribution in [3.8, 4) is 17.2 Å². The van der Waals surface area contributed by atoms with Gasteiger partial charge in [0, 0.05) is 11.6 Å². The lowest BCUT2D eigenvalue weighted by molar-refractivity contribution is 0.361. The Kier molecular flexibility index (Phi) is 3.63. The molecular formula is C11H16O3. The van der Waals surface area contributed by atoms with Crippen molar-refractivity contribution >= 4 is 0 Å². The summed E-state index contributed by atoms with van der Waals surface area (Å²) in [6.07, 6.45) is 1.79. The van der Waals surface area contributed by atoms with E-state index in [9.17, 15) is 5.11 Å². The Morgan fingerprint density at radius 3 is 2.43 bits per heavy atom. The van der Waals surface area contributed by atoms with Gasteiger partial charge >= 0.3 is 0 Å². The van der Waals surface area contributed by atoms with E-state index < -0.39 is 0 Å². The molecule has 0 atom stereocenters. The van der Waals surface area contributed by atoms with Crippen LogP contribution in [-0.4, -0.2) is 19.3 Å². The lowest BCUT2D eigenvalue weighted by Gasteiger charge is -2.10. The Hall–Kier alpha value is -1.38. The van der Waals surface area contributed by atoms with Crippen LogP contribution in [0.25, 0.3) is 0 Å². The molecule has 1 aromatic rings. The lowest BCUT2D eigenvalue weighted by atomic mass is 10.1. The summed E-state index contributed by atoms with van der Waals surface area (Å²) in [5.41, 5.74) is 0.865. The third kappa shape index (κ3) is 2.10. The van der Waals surface area contributed by atoms with Gasteiger partial charge in [0.2, 0.25) is 0 Å². The molecule has 3 heteroatoms. The van der Waals surface area contributed by atoms with E-state index in [1.165, 1.54) is 7.11 Å². The van der Waals surface area contributed by atoms with Gasteiger partial charge in [0.15, 0.2) is 11.5 Å². The molecule has 0 saturated carbocycles. The summed E-state index contributed by atoms with van der Waals surface area (Å²) in [4.78, 5) is 0. The molecule has 78 valence electrons. The molecule has 0 unspecified atom stereocenters. The molecule has 0 aliphatic rings. The Bertz CT molecular complexity index is 308. The van der Waals surface area contributed by atoms with Gasteiger partial charge in [0.05, 0.1) is 14.2 Å². The Morgan fingerprint density at radius 2 is 1.93 bits per heavy atom. The fraction of sp³-hybridized carbons (Fsp3) is 0.455. The van der Waals surface area contributed by atoms with E-state index in [-0.39, 0.29) is 5.75 Å². The number of hydrogen-bond donors (Lipinski definition) is 1. The van der Waals surface area contributed by atoms with Gasteiger partial charge in [0.25, 0.3) is 0 Å². The van der Waals surface area contributed by atoms with Crippen LogP contribution in [0.15, 0.2) is 12.1 Å². The minimum atomic E-state index is 0.218. The van der Waals surface area contributed by atoms with Crippen molar-refractivity contribution in [1.29, 1.82) is 0 Å². The predicted octanol–water partition coefficient (Wildman–Crippen LogP) is 2.36. The van der Waals surface area contributed by atoms with E-state index in [1.54, 1.807) is 13.2 Å². The van der Waals surface area contributed by atoms with E-state index in [0.29, 0.717) is 11.5 Å². The van der Waals surface area contributed by atoms with E-state index in [1.807, 2.05) is 6.07 Å². The van der Waals surface area contributed by atoms with Gasteiger partial charge < -0.3 is 14.6 Å². The minimum Gasteiger partial charge on any atom is -0.504 e. The number of rotatable bonds is 4.